The van der Waals surface area contributed by atoms with Gasteiger partial charge in [0, 0.05) is 36.8 Å². The van der Waals surface area contributed by atoms with Crippen molar-refractivity contribution < 1.29 is 4.74 Å². The van der Waals surface area contributed by atoms with Crippen molar-refractivity contribution in [3.63, 3.8) is 0 Å². The minimum Gasteiger partial charge on any atom is -0.374 e. The van der Waals surface area contributed by atoms with Crippen molar-refractivity contribution in [1.82, 2.24) is 9.62 Å². The van der Waals surface area contributed by atoms with E-state index in [1.807, 2.05) is 19.9 Å². The fourth-order valence-electron chi connectivity index (χ4n) is 3.59. The lowest BCUT2D eigenvalue weighted by Crippen LogP contribution is -2.30. The standard InChI is InChI=1S/C29H47N3OS/c1-7-12-28(33-9-3)15-10-13-25(5)27-14-11-16-29(22-27)34-31-23-26(6)32(20-8-2)21-18-24(4)17-19-30/h7,10-16,22,24,28,31H,6,8-9,17-21,23,30H2,1-5H3/b12-7-,15-10?,25-13+. The highest BCUT2D eigenvalue weighted by atomic mass is 32.2. The molecule has 0 radical (unpaired) electrons. The smallest absolute Gasteiger partial charge is 0.0940 e. The summed E-state index contributed by atoms with van der Waals surface area (Å²) in [6, 6.07) is 8.63. The van der Waals surface area contributed by atoms with Crippen LogP contribution >= 0.6 is 11.9 Å². The van der Waals surface area contributed by atoms with Gasteiger partial charge < -0.3 is 15.4 Å². The second-order valence-electron chi connectivity index (χ2n) is 8.66. The topological polar surface area (TPSA) is 50.5 Å². The molecule has 0 aliphatic rings. The van der Waals surface area contributed by atoms with E-state index in [-0.39, 0.29) is 6.10 Å². The Balaban J connectivity index is 2.63. The van der Waals surface area contributed by atoms with Crippen LogP contribution in [0, 0.1) is 5.92 Å². The van der Waals surface area contributed by atoms with E-state index in [0.717, 1.165) is 51.1 Å². The molecule has 2 atom stereocenters. The van der Waals surface area contributed by atoms with Crippen molar-refractivity contribution in [3.05, 3.63) is 72.5 Å². The first-order valence-corrected chi connectivity index (χ1v) is 13.5. The van der Waals surface area contributed by atoms with Crippen molar-refractivity contribution in [2.45, 2.75) is 64.9 Å². The third kappa shape index (κ3) is 12.6. The van der Waals surface area contributed by atoms with Gasteiger partial charge in [-0.05, 0) is 87.7 Å². The third-order valence-electron chi connectivity index (χ3n) is 5.64. The number of rotatable bonds is 18. The number of allylic oxidation sites excluding steroid dienone is 4. The molecule has 0 bridgehead atoms. The summed E-state index contributed by atoms with van der Waals surface area (Å²) in [5, 5.41) is 0. The summed E-state index contributed by atoms with van der Waals surface area (Å²) in [4.78, 5) is 3.61. The van der Waals surface area contributed by atoms with Crippen molar-refractivity contribution in [3.8, 4) is 0 Å². The molecule has 0 amide bonds. The zero-order valence-electron chi connectivity index (χ0n) is 22.1. The van der Waals surface area contributed by atoms with Gasteiger partial charge >= 0.3 is 0 Å². The summed E-state index contributed by atoms with van der Waals surface area (Å²) >= 11 is 1.66. The van der Waals surface area contributed by atoms with E-state index in [0.29, 0.717) is 12.5 Å². The van der Waals surface area contributed by atoms with Gasteiger partial charge in [-0.1, -0.05) is 62.9 Å². The van der Waals surface area contributed by atoms with Gasteiger partial charge in [0.25, 0.3) is 0 Å². The molecule has 34 heavy (non-hydrogen) atoms. The summed E-state index contributed by atoms with van der Waals surface area (Å²) in [5.41, 5.74) is 9.29. The first-order chi connectivity index (χ1) is 16.4. The van der Waals surface area contributed by atoms with Crippen LogP contribution in [-0.2, 0) is 4.74 Å². The number of nitrogens with two attached hydrogens (primary N) is 1. The molecular weight excluding hydrogens is 438 g/mol. The Bertz CT molecular complexity index is 787. The summed E-state index contributed by atoms with van der Waals surface area (Å²) in [6.45, 7) is 19.3. The Labute approximate surface area is 213 Å². The monoisotopic (exact) mass is 485 g/mol. The van der Waals surface area contributed by atoms with Crippen LogP contribution in [0.2, 0.25) is 0 Å². The van der Waals surface area contributed by atoms with Gasteiger partial charge in [0.2, 0.25) is 0 Å². The minimum atomic E-state index is 0.0226. The lowest BCUT2D eigenvalue weighted by Gasteiger charge is -2.28. The minimum absolute atomic E-state index is 0.0226. The maximum Gasteiger partial charge on any atom is 0.0940 e. The number of nitrogens with one attached hydrogen (secondary N) is 1. The van der Waals surface area contributed by atoms with E-state index in [1.165, 1.54) is 16.0 Å². The van der Waals surface area contributed by atoms with Crippen LogP contribution in [0.1, 0.15) is 59.4 Å². The molecular formula is C29H47N3OS. The zero-order valence-corrected chi connectivity index (χ0v) is 22.9. The van der Waals surface area contributed by atoms with Gasteiger partial charge in [0.05, 0.1) is 6.10 Å². The first-order valence-electron chi connectivity index (χ1n) is 12.7. The Morgan fingerprint density at radius 2 is 2.03 bits per heavy atom. The van der Waals surface area contributed by atoms with Crippen LogP contribution in [-0.4, -0.2) is 43.8 Å². The molecule has 0 spiro atoms. The van der Waals surface area contributed by atoms with Crippen LogP contribution in [0.3, 0.4) is 0 Å². The first kappa shape index (κ1) is 30.2. The molecule has 1 aromatic rings. The maximum atomic E-state index is 5.70. The van der Waals surface area contributed by atoms with Gasteiger partial charge in [-0.25, -0.2) is 0 Å². The van der Waals surface area contributed by atoms with E-state index in [2.05, 4.69) is 85.5 Å². The summed E-state index contributed by atoms with van der Waals surface area (Å²) < 4.78 is 9.20. The molecule has 0 saturated heterocycles. The van der Waals surface area contributed by atoms with Gasteiger partial charge in [-0.3, -0.25) is 4.72 Å². The Morgan fingerprint density at radius 1 is 1.24 bits per heavy atom. The van der Waals surface area contributed by atoms with Crippen molar-refractivity contribution in [2.24, 2.45) is 11.7 Å². The highest BCUT2D eigenvalue weighted by Crippen LogP contribution is 2.22. The van der Waals surface area contributed by atoms with Crippen molar-refractivity contribution in [1.29, 1.82) is 0 Å². The third-order valence-corrected chi connectivity index (χ3v) is 6.41. The van der Waals surface area contributed by atoms with E-state index in [1.54, 1.807) is 11.9 Å². The molecule has 0 heterocycles. The largest absolute Gasteiger partial charge is 0.374 e. The fourth-order valence-corrected chi connectivity index (χ4v) is 4.32. The molecule has 0 fully saturated rings. The molecule has 0 aliphatic heterocycles. The van der Waals surface area contributed by atoms with Crippen LogP contribution in [0.15, 0.2) is 71.8 Å². The van der Waals surface area contributed by atoms with Crippen molar-refractivity contribution in [2.75, 3.05) is 32.8 Å². The normalized spacial score (nSPS) is 14.1. The molecule has 2 unspecified atom stereocenters. The van der Waals surface area contributed by atoms with E-state index < -0.39 is 0 Å². The number of ether oxygens (including phenoxy) is 1. The number of hydrogen-bond donors (Lipinski definition) is 2. The average Bonchev–Trinajstić information content (AvgIpc) is 2.82. The second-order valence-corrected chi connectivity index (χ2v) is 9.62. The Hall–Kier alpha value is -1.79. The number of nitrogens with zero attached hydrogens (tertiary/aromatic N) is 1. The number of benzene rings is 1. The summed E-state index contributed by atoms with van der Waals surface area (Å²) in [7, 11) is 0. The van der Waals surface area contributed by atoms with Gasteiger partial charge in [-0.15, -0.1) is 0 Å². The molecule has 0 aromatic heterocycles. The molecule has 0 aliphatic carbocycles. The highest BCUT2D eigenvalue weighted by Gasteiger charge is 2.10. The van der Waals surface area contributed by atoms with E-state index in [4.69, 9.17) is 10.5 Å². The fraction of sp³-hybridized carbons (Fsp3) is 0.517. The maximum absolute atomic E-state index is 5.70. The highest BCUT2D eigenvalue weighted by molar-refractivity contribution is 7.97. The molecule has 3 N–H and O–H groups in total. The van der Waals surface area contributed by atoms with E-state index >= 15 is 0 Å². The van der Waals surface area contributed by atoms with Crippen molar-refractivity contribution >= 4 is 17.5 Å². The van der Waals surface area contributed by atoms with Crippen LogP contribution in [0.25, 0.3) is 5.57 Å². The summed E-state index contributed by atoms with van der Waals surface area (Å²) in [6.07, 6.45) is 13.8. The average molecular weight is 486 g/mol. The SMILES string of the molecule is C=C(CNSc1cccc(/C(C)=C/C=CC(/C=C\C)OCC)c1)N(CCC)CCC(C)CCN. The van der Waals surface area contributed by atoms with Crippen LogP contribution in [0.5, 0.6) is 0 Å². The quantitative estimate of drug-likeness (QED) is 0.136. The molecule has 190 valence electrons. The summed E-state index contributed by atoms with van der Waals surface area (Å²) in [5.74, 6) is 0.654. The Morgan fingerprint density at radius 3 is 2.71 bits per heavy atom. The molecule has 5 heteroatoms. The van der Waals surface area contributed by atoms with Gasteiger partial charge in [-0.2, -0.15) is 0 Å². The predicted octanol–water partition coefficient (Wildman–Crippen LogP) is 6.82. The predicted molar refractivity (Wildman–Crippen MR) is 152 cm³/mol. The molecule has 0 saturated carbocycles. The van der Waals surface area contributed by atoms with Gasteiger partial charge in [0.1, 0.15) is 0 Å². The Kier molecular flexibility index (Phi) is 16.5. The molecule has 1 aromatic carbocycles. The van der Waals surface area contributed by atoms with Crippen LogP contribution < -0.4 is 10.5 Å². The van der Waals surface area contributed by atoms with Crippen LogP contribution in [0.4, 0.5) is 0 Å². The zero-order chi connectivity index (χ0) is 25.2. The molecule has 4 nitrogen and oxygen atoms in total. The second kappa shape index (κ2) is 18.5. The van der Waals surface area contributed by atoms with E-state index in [9.17, 15) is 0 Å². The molecule has 1 rings (SSSR count). The lowest BCUT2D eigenvalue weighted by molar-refractivity contribution is 0.128. The number of hydrogen-bond acceptors (Lipinski definition) is 5. The van der Waals surface area contributed by atoms with Gasteiger partial charge in [0.15, 0.2) is 0 Å². The lowest BCUT2D eigenvalue weighted by atomic mass is 10.0.